The van der Waals surface area contributed by atoms with Gasteiger partial charge in [-0.05, 0) is 25.0 Å². The molecule has 1 aliphatic heterocycles. The topological polar surface area (TPSA) is 35.5 Å². The molecule has 1 aliphatic rings. The lowest BCUT2D eigenvalue weighted by Gasteiger charge is -2.18. The molecular weight excluding hydrogens is 240 g/mol. The Balaban J connectivity index is 2.12. The van der Waals surface area contributed by atoms with E-state index in [4.69, 9.17) is 9.47 Å². The van der Waals surface area contributed by atoms with Gasteiger partial charge in [0.1, 0.15) is 0 Å². The molecule has 0 spiro atoms. The molecule has 1 aromatic rings. The number of ether oxygens (including phenoxy) is 2. The molecule has 1 saturated heterocycles. The monoisotopic (exact) mass is 260 g/mol. The molecule has 0 aliphatic carbocycles. The van der Waals surface area contributed by atoms with Crippen LogP contribution in [0.25, 0.3) is 0 Å². The van der Waals surface area contributed by atoms with Gasteiger partial charge in [0.2, 0.25) is 0 Å². The molecule has 0 N–H and O–H groups in total. The van der Waals surface area contributed by atoms with Gasteiger partial charge in [-0.1, -0.05) is 36.4 Å². The van der Waals surface area contributed by atoms with Crippen molar-refractivity contribution in [1.29, 1.82) is 0 Å². The summed E-state index contributed by atoms with van der Waals surface area (Å²) in [6.45, 7) is 8.80. The molecule has 2 atom stereocenters. The molecule has 0 radical (unpaired) electrons. The Morgan fingerprint density at radius 1 is 1.42 bits per heavy atom. The lowest BCUT2D eigenvalue weighted by Crippen LogP contribution is -2.16. The van der Waals surface area contributed by atoms with E-state index >= 15 is 0 Å². The van der Waals surface area contributed by atoms with Gasteiger partial charge >= 0.3 is 5.97 Å². The fourth-order valence-electron chi connectivity index (χ4n) is 2.37. The van der Waals surface area contributed by atoms with Crippen LogP contribution in [0.3, 0.4) is 0 Å². The maximum Gasteiger partial charge on any atom is 0.306 e. The first-order valence-electron chi connectivity index (χ1n) is 6.63. The minimum absolute atomic E-state index is 0.0155. The fraction of sp³-hybridized carbons (Fsp3) is 0.438. The van der Waals surface area contributed by atoms with Gasteiger partial charge in [0.15, 0.2) is 0 Å². The Kier molecular flexibility index (Phi) is 4.38. The summed E-state index contributed by atoms with van der Waals surface area (Å²) in [4.78, 5) is 11.7. The fourth-order valence-corrected chi connectivity index (χ4v) is 2.37. The van der Waals surface area contributed by atoms with Crippen LogP contribution in [-0.2, 0) is 14.3 Å². The van der Waals surface area contributed by atoms with Crippen molar-refractivity contribution >= 4 is 5.97 Å². The molecule has 0 unspecified atom stereocenters. The minimum atomic E-state index is -0.184. The summed E-state index contributed by atoms with van der Waals surface area (Å²) in [6.07, 6.45) is 0.253. The molecule has 0 bridgehead atoms. The first kappa shape index (κ1) is 13.8. The molecule has 19 heavy (non-hydrogen) atoms. The minimum Gasteiger partial charge on any atom is -0.466 e. The van der Waals surface area contributed by atoms with Gasteiger partial charge in [0.25, 0.3) is 0 Å². The standard InChI is InChI=1S/C16H20O3/c1-4-18-15(17)9-14-12(3)10-19-16(14)13-7-5-11(2)6-8-13/h5-8,14,16H,3-4,9-10H2,1-2H3/t14-,16-/m0/s1. The number of carbonyl (C=O) groups is 1. The van der Waals surface area contributed by atoms with E-state index < -0.39 is 0 Å². The first-order chi connectivity index (χ1) is 9.11. The quantitative estimate of drug-likeness (QED) is 0.616. The van der Waals surface area contributed by atoms with Crippen molar-refractivity contribution in [3.8, 4) is 0 Å². The van der Waals surface area contributed by atoms with Crippen LogP contribution in [-0.4, -0.2) is 19.2 Å². The highest BCUT2D eigenvalue weighted by atomic mass is 16.5. The number of carbonyl (C=O) groups excluding carboxylic acids is 1. The van der Waals surface area contributed by atoms with Crippen LogP contribution in [0.1, 0.15) is 30.6 Å². The van der Waals surface area contributed by atoms with Crippen LogP contribution in [0.15, 0.2) is 36.4 Å². The van der Waals surface area contributed by atoms with E-state index in [-0.39, 0.29) is 18.0 Å². The van der Waals surface area contributed by atoms with Crippen molar-refractivity contribution in [3.05, 3.63) is 47.5 Å². The molecule has 0 saturated carbocycles. The summed E-state index contributed by atoms with van der Waals surface area (Å²) in [5.74, 6) is -0.169. The van der Waals surface area contributed by atoms with Crippen molar-refractivity contribution in [2.75, 3.05) is 13.2 Å². The first-order valence-corrected chi connectivity index (χ1v) is 6.63. The average molecular weight is 260 g/mol. The van der Waals surface area contributed by atoms with E-state index in [0.29, 0.717) is 19.6 Å². The summed E-state index contributed by atoms with van der Waals surface area (Å²) < 4.78 is 10.8. The van der Waals surface area contributed by atoms with Crippen LogP contribution in [0.2, 0.25) is 0 Å². The molecular formula is C16H20O3. The van der Waals surface area contributed by atoms with E-state index in [1.807, 2.05) is 13.8 Å². The second kappa shape index (κ2) is 6.02. The van der Waals surface area contributed by atoms with Crippen molar-refractivity contribution in [3.63, 3.8) is 0 Å². The van der Waals surface area contributed by atoms with Gasteiger partial charge < -0.3 is 9.47 Å². The largest absolute Gasteiger partial charge is 0.466 e. The van der Waals surface area contributed by atoms with Crippen LogP contribution in [0, 0.1) is 12.8 Å². The Morgan fingerprint density at radius 2 is 2.11 bits per heavy atom. The van der Waals surface area contributed by atoms with Crippen LogP contribution in [0.4, 0.5) is 0 Å². The van der Waals surface area contributed by atoms with Gasteiger partial charge in [-0.2, -0.15) is 0 Å². The molecule has 3 nitrogen and oxygen atoms in total. The van der Waals surface area contributed by atoms with E-state index in [9.17, 15) is 4.79 Å². The molecule has 1 fully saturated rings. The third-order valence-corrected chi connectivity index (χ3v) is 3.44. The van der Waals surface area contributed by atoms with Gasteiger partial charge in [-0.25, -0.2) is 0 Å². The Labute approximate surface area is 114 Å². The summed E-state index contributed by atoms with van der Waals surface area (Å²) in [5, 5.41) is 0. The maximum atomic E-state index is 11.7. The van der Waals surface area contributed by atoms with Crippen molar-refractivity contribution < 1.29 is 14.3 Å². The zero-order valence-corrected chi connectivity index (χ0v) is 11.5. The van der Waals surface area contributed by atoms with E-state index in [1.54, 1.807) is 0 Å². The maximum absolute atomic E-state index is 11.7. The summed E-state index contributed by atoms with van der Waals surface area (Å²) in [7, 11) is 0. The van der Waals surface area contributed by atoms with Gasteiger partial charge in [0, 0.05) is 5.92 Å². The molecule has 1 aromatic carbocycles. The van der Waals surface area contributed by atoms with E-state index in [2.05, 4.69) is 30.8 Å². The number of esters is 1. The summed E-state index contributed by atoms with van der Waals surface area (Å²) in [6, 6.07) is 8.22. The predicted octanol–water partition coefficient (Wildman–Crippen LogP) is 3.19. The van der Waals surface area contributed by atoms with E-state index in [1.165, 1.54) is 5.56 Å². The number of rotatable bonds is 4. The Hall–Kier alpha value is -1.61. The summed E-state index contributed by atoms with van der Waals surface area (Å²) >= 11 is 0. The lowest BCUT2D eigenvalue weighted by molar-refractivity contribution is -0.144. The van der Waals surface area contributed by atoms with Crippen LogP contribution in [0.5, 0.6) is 0 Å². The normalized spacial score (nSPS) is 22.5. The Bertz CT molecular complexity index is 461. The SMILES string of the molecule is C=C1CO[C@@H](c2ccc(C)cc2)[C@H]1CC(=O)OCC. The predicted molar refractivity (Wildman–Crippen MR) is 73.8 cm³/mol. The highest BCUT2D eigenvalue weighted by molar-refractivity contribution is 5.70. The molecule has 1 heterocycles. The highest BCUT2D eigenvalue weighted by Gasteiger charge is 2.34. The average Bonchev–Trinajstić information content (AvgIpc) is 2.73. The van der Waals surface area contributed by atoms with Crippen molar-refractivity contribution in [2.45, 2.75) is 26.4 Å². The van der Waals surface area contributed by atoms with Gasteiger partial charge in [-0.3, -0.25) is 4.79 Å². The van der Waals surface area contributed by atoms with Crippen molar-refractivity contribution in [1.82, 2.24) is 0 Å². The number of hydrogen-bond acceptors (Lipinski definition) is 3. The summed E-state index contributed by atoms with van der Waals surface area (Å²) in [5.41, 5.74) is 3.28. The van der Waals surface area contributed by atoms with Crippen molar-refractivity contribution in [2.24, 2.45) is 5.92 Å². The molecule has 102 valence electrons. The molecule has 2 rings (SSSR count). The Morgan fingerprint density at radius 3 is 2.74 bits per heavy atom. The smallest absolute Gasteiger partial charge is 0.306 e. The van der Waals surface area contributed by atoms with Crippen LogP contribution < -0.4 is 0 Å². The number of aryl methyl sites for hydroxylation is 1. The second-order valence-corrected chi connectivity index (χ2v) is 4.92. The van der Waals surface area contributed by atoms with Crippen LogP contribution >= 0.6 is 0 Å². The zero-order chi connectivity index (χ0) is 13.8. The number of hydrogen-bond donors (Lipinski definition) is 0. The lowest BCUT2D eigenvalue weighted by atomic mass is 9.89. The third kappa shape index (κ3) is 3.24. The molecule has 3 heteroatoms. The zero-order valence-electron chi connectivity index (χ0n) is 11.5. The highest BCUT2D eigenvalue weighted by Crippen LogP contribution is 2.39. The van der Waals surface area contributed by atoms with Gasteiger partial charge in [-0.15, -0.1) is 0 Å². The second-order valence-electron chi connectivity index (χ2n) is 4.92. The molecule has 0 amide bonds. The third-order valence-electron chi connectivity index (χ3n) is 3.44. The molecule has 0 aromatic heterocycles. The van der Waals surface area contributed by atoms with E-state index in [0.717, 1.165) is 11.1 Å². The number of benzene rings is 1. The van der Waals surface area contributed by atoms with Gasteiger partial charge in [0.05, 0.1) is 25.7 Å².